The van der Waals surface area contributed by atoms with E-state index in [4.69, 9.17) is 0 Å². The summed E-state index contributed by atoms with van der Waals surface area (Å²) in [5.41, 5.74) is 0. The van der Waals surface area contributed by atoms with E-state index in [0.717, 1.165) is 0 Å². The molecule has 0 aromatic rings. The average molecular weight is 106 g/mol. The maximum Gasteiger partial charge on any atom is 0.230 e. The second-order valence-corrected chi connectivity index (χ2v) is 12.5. The molecule has 4 heavy (non-hydrogen) atoms. The third-order valence-electron chi connectivity index (χ3n) is 0.167. The van der Waals surface area contributed by atoms with Crippen LogP contribution >= 0.6 is 0 Å². The molecule has 0 aromatic heterocycles. The largest absolute Gasteiger partial charge is 0.397 e. The Bertz CT molecular complexity index is 17.2. The summed E-state index contributed by atoms with van der Waals surface area (Å²) in [6, 6.07) is 0. The van der Waals surface area contributed by atoms with Gasteiger partial charge in [0, 0.05) is 0 Å². The lowest BCUT2D eigenvalue weighted by Gasteiger charge is -1.45. The quantitative estimate of drug-likeness (QED) is 0.329. The van der Waals surface area contributed by atoms with Crippen molar-refractivity contribution in [3.05, 3.63) is 0 Å². The normalized spacial score (nSPS) is 10.0. The van der Waals surface area contributed by atoms with Gasteiger partial charge in [0.05, 0.1) is 8.55 Å². The molecule has 0 bridgehead atoms. The summed E-state index contributed by atoms with van der Waals surface area (Å²) in [5, 5.41) is 0. The van der Waals surface area contributed by atoms with E-state index in [1.54, 1.807) is 0 Å². The molecule has 0 fully saturated rings. The van der Waals surface area contributed by atoms with Crippen molar-refractivity contribution < 1.29 is 4.46 Å². The van der Waals surface area contributed by atoms with Crippen LogP contribution in [0.15, 0.2) is 0 Å². The lowest BCUT2D eigenvalue weighted by Crippen LogP contribution is -1.88. The Morgan fingerprint density at radius 2 is 2.25 bits per heavy atom. The van der Waals surface area contributed by atoms with Crippen molar-refractivity contribution in [2.45, 2.75) is 0 Å². The van der Waals surface area contributed by atoms with Gasteiger partial charge in [-0.05, 0) is 9.76 Å². The fourth-order valence-electron chi connectivity index (χ4n) is 0. The standard InChI is InChI=1S/H6OSi3/c1-3-4-2/h3H,4H2,2H3. The van der Waals surface area contributed by atoms with Crippen molar-refractivity contribution in [2.24, 2.45) is 0 Å². The summed E-state index contributed by atoms with van der Waals surface area (Å²) in [4.78, 5) is 0. The fraction of sp³-hybridized carbons (Fsp3) is 0. The van der Waals surface area contributed by atoms with E-state index in [2.05, 4.69) is 0 Å². The zero-order chi connectivity index (χ0) is 3.41. The Labute approximate surface area is 32.5 Å². The molecule has 0 radical (unpaired) electrons. The fourth-order valence-corrected chi connectivity index (χ4v) is 0. The predicted molar refractivity (Wildman–Crippen MR) is 26.3 cm³/mol. The van der Waals surface area contributed by atoms with E-state index in [1.165, 1.54) is 9.76 Å². The first-order valence-corrected chi connectivity index (χ1v) is 10.7. The van der Waals surface area contributed by atoms with Gasteiger partial charge in [-0.1, -0.05) is 0 Å². The van der Waals surface area contributed by atoms with E-state index in [0.29, 0.717) is 0 Å². The Kier molecular flexibility index (Phi) is 3.84. The monoisotopic (exact) mass is 106 g/mol. The van der Waals surface area contributed by atoms with E-state index >= 15 is 0 Å². The molecule has 1 nitrogen and oxygen atoms in total. The smallest absolute Gasteiger partial charge is 0.230 e. The van der Waals surface area contributed by atoms with Gasteiger partial charge in [-0.15, -0.1) is 0 Å². The van der Waals surface area contributed by atoms with Crippen LogP contribution < -0.4 is 0 Å². The number of rotatable bonds is 1. The SMILES string of the molecule is O=[SiH][SiH2][SiH3]. The molecule has 0 N–H and O–H groups in total. The summed E-state index contributed by atoms with van der Waals surface area (Å²) in [5.74, 6) is 0. The maximum atomic E-state index is 9.48. The molecule has 0 aliphatic rings. The van der Waals surface area contributed by atoms with Crippen LogP contribution in [0.3, 0.4) is 0 Å². The first-order valence-electron chi connectivity index (χ1n) is 1.35. The summed E-state index contributed by atoms with van der Waals surface area (Å²) >= 11 is 0. The van der Waals surface area contributed by atoms with Crippen LogP contribution in [0, 0.1) is 0 Å². The topological polar surface area (TPSA) is 17.1 Å². The van der Waals surface area contributed by atoms with E-state index in [9.17, 15) is 4.46 Å². The van der Waals surface area contributed by atoms with Crippen LogP contribution in [-0.2, 0) is 4.46 Å². The third-order valence-corrected chi connectivity index (χ3v) is 4.50. The van der Waals surface area contributed by atoms with E-state index in [-0.39, 0.29) is 17.5 Å². The van der Waals surface area contributed by atoms with Gasteiger partial charge in [-0.3, -0.25) is 0 Å². The highest BCUT2D eigenvalue weighted by molar-refractivity contribution is 7.19. The lowest BCUT2D eigenvalue weighted by molar-refractivity contribution is 0.586. The molecular formula is H6OSi3. The Hall–Kier alpha value is 0.451. The maximum absolute atomic E-state index is 9.48. The average Bonchev–Trinajstić information content (AvgIpc) is 1.37. The van der Waals surface area contributed by atoms with Crippen LogP contribution in [-0.4, -0.2) is 27.2 Å². The van der Waals surface area contributed by atoms with Gasteiger partial charge in [0.2, 0.25) is 8.92 Å². The van der Waals surface area contributed by atoms with Crippen LogP contribution in [0.2, 0.25) is 0 Å². The van der Waals surface area contributed by atoms with Crippen LogP contribution in [0.5, 0.6) is 0 Å². The van der Waals surface area contributed by atoms with Crippen molar-refractivity contribution in [2.75, 3.05) is 0 Å². The van der Waals surface area contributed by atoms with Crippen molar-refractivity contribution in [1.29, 1.82) is 0 Å². The van der Waals surface area contributed by atoms with Crippen molar-refractivity contribution in [1.82, 2.24) is 0 Å². The molecule has 4 heteroatoms. The molecule has 0 rings (SSSR count). The number of hydrogen-bond donors (Lipinski definition) is 0. The van der Waals surface area contributed by atoms with Gasteiger partial charge in [0.1, 0.15) is 0 Å². The van der Waals surface area contributed by atoms with Crippen molar-refractivity contribution >= 4 is 27.2 Å². The lowest BCUT2D eigenvalue weighted by atomic mass is 16.0. The highest BCUT2D eigenvalue weighted by atomic mass is 29.5. The van der Waals surface area contributed by atoms with Crippen LogP contribution in [0.1, 0.15) is 0 Å². The Balaban J connectivity index is 2.30. The Morgan fingerprint density at radius 3 is 2.25 bits per heavy atom. The number of hydrogen-bond acceptors (Lipinski definition) is 1. The molecule has 0 saturated heterocycles. The van der Waals surface area contributed by atoms with E-state index < -0.39 is 0 Å². The summed E-state index contributed by atoms with van der Waals surface area (Å²) < 4.78 is 9.48. The van der Waals surface area contributed by atoms with E-state index in [1.807, 2.05) is 0 Å². The minimum atomic E-state index is -0.267. The molecule has 0 spiro atoms. The van der Waals surface area contributed by atoms with Crippen LogP contribution in [0.25, 0.3) is 0 Å². The van der Waals surface area contributed by atoms with Gasteiger partial charge in [0.15, 0.2) is 0 Å². The third kappa shape index (κ3) is 2.45. The van der Waals surface area contributed by atoms with Gasteiger partial charge in [-0.2, -0.15) is 0 Å². The zero-order valence-corrected chi connectivity index (χ0v) is 7.26. The molecule has 0 unspecified atom stereocenters. The van der Waals surface area contributed by atoms with Crippen molar-refractivity contribution in [3.63, 3.8) is 0 Å². The first kappa shape index (κ1) is 4.45. The predicted octanol–water partition coefficient (Wildman–Crippen LogP) is -2.87. The highest BCUT2D eigenvalue weighted by Gasteiger charge is 1.59. The summed E-state index contributed by atoms with van der Waals surface area (Å²) in [7, 11) is 1.08. The molecule has 24 valence electrons. The van der Waals surface area contributed by atoms with Gasteiger partial charge < -0.3 is 4.46 Å². The Morgan fingerprint density at radius 1 is 2.00 bits per heavy atom. The van der Waals surface area contributed by atoms with Crippen LogP contribution in [0.4, 0.5) is 0 Å². The molecule has 0 atom stereocenters. The van der Waals surface area contributed by atoms with Gasteiger partial charge >= 0.3 is 0 Å². The summed E-state index contributed by atoms with van der Waals surface area (Å²) in [6.45, 7) is 0. The molecule has 0 aliphatic carbocycles. The molecule has 0 saturated carbocycles. The molecule has 0 heterocycles. The van der Waals surface area contributed by atoms with Gasteiger partial charge in [-0.25, -0.2) is 0 Å². The minimum Gasteiger partial charge on any atom is -0.397 e. The minimum absolute atomic E-state index is 0.0910. The molecule has 0 aromatic carbocycles. The summed E-state index contributed by atoms with van der Waals surface area (Å²) in [6.07, 6.45) is 0. The second-order valence-electron chi connectivity index (χ2n) is 0.575. The van der Waals surface area contributed by atoms with Crippen molar-refractivity contribution in [3.8, 4) is 0 Å². The molecule has 0 amide bonds. The first-order chi connectivity index (χ1) is 1.91. The molecule has 0 aliphatic heterocycles. The highest BCUT2D eigenvalue weighted by Crippen LogP contribution is 1.15. The second kappa shape index (κ2) is 3.45. The van der Waals surface area contributed by atoms with Gasteiger partial charge in [0.25, 0.3) is 0 Å². The molecular weight excluding hydrogens is 100 g/mol. The zero-order valence-electron chi connectivity index (χ0n) is 2.69.